The molecule has 2 heterocycles. The van der Waals surface area contributed by atoms with Crippen LogP contribution in [0.2, 0.25) is 0 Å². The molecule has 2 N–H and O–H groups in total. The Hall–Kier alpha value is -1.69. The molecule has 1 aliphatic heterocycles. The minimum Gasteiger partial charge on any atom is -0.375 e. The van der Waals surface area contributed by atoms with E-state index in [9.17, 15) is 4.79 Å². The van der Waals surface area contributed by atoms with E-state index >= 15 is 0 Å². The van der Waals surface area contributed by atoms with Crippen molar-refractivity contribution in [3.63, 3.8) is 0 Å². The molecule has 0 radical (unpaired) electrons. The summed E-state index contributed by atoms with van der Waals surface area (Å²) in [6.07, 6.45) is 8.81. The number of amides is 2. The van der Waals surface area contributed by atoms with Crippen molar-refractivity contribution < 1.29 is 9.53 Å². The van der Waals surface area contributed by atoms with Gasteiger partial charge < -0.3 is 15.4 Å². The smallest absolute Gasteiger partial charge is 0.319 e. The van der Waals surface area contributed by atoms with Crippen molar-refractivity contribution in [1.29, 1.82) is 0 Å². The Morgan fingerprint density at radius 1 is 1.45 bits per heavy atom. The van der Waals surface area contributed by atoms with Crippen LogP contribution in [-0.2, 0) is 4.74 Å². The first-order valence-electron chi connectivity index (χ1n) is 7.21. The van der Waals surface area contributed by atoms with E-state index in [1.54, 1.807) is 12.3 Å². The number of carbonyl (C=O) groups excluding carboxylic acids is 1. The van der Waals surface area contributed by atoms with Crippen molar-refractivity contribution in [1.82, 2.24) is 15.5 Å². The van der Waals surface area contributed by atoms with Crippen LogP contribution in [-0.4, -0.2) is 35.0 Å². The fourth-order valence-corrected chi connectivity index (χ4v) is 3.00. The maximum atomic E-state index is 11.8. The van der Waals surface area contributed by atoms with Crippen molar-refractivity contribution in [2.75, 3.05) is 18.5 Å². The van der Waals surface area contributed by atoms with E-state index in [4.69, 9.17) is 4.74 Å². The third-order valence-electron chi connectivity index (χ3n) is 4.25. The van der Waals surface area contributed by atoms with Crippen LogP contribution >= 0.6 is 0 Å². The maximum Gasteiger partial charge on any atom is 0.319 e. The van der Waals surface area contributed by atoms with Crippen molar-refractivity contribution in [2.45, 2.75) is 37.7 Å². The molecular formula is C14H20N4O2. The zero-order valence-corrected chi connectivity index (χ0v) is 11.5. The molecule has 1 spiro atoms. The van der Waals surface area contributed by atoms with Crippen molar-refractivity contribution >= 4 is 11.7 Å². The first kappa shape index (κ1) is 13.3. The van der Waals surface area contributed by atoms with Gasteiger partial charge in [0.05, 0.1) is 23.7 Å². The van der Waals surface area contributed by atoms with Crippen LogP contribution in [0.4, 0.5) is 10.5 Å². The van der Waals surface area contributed by atoms with E-state index in [0.29, 0.717) is 18.2 Å². The van der Waals surface area contributed by atoms with Gasteiger partial charge in [-0.15, -0.1) is 0 Å². The molecule has 1 aromatic rings. The summed E-state index contributed by atoms with van der Waals surface area (Å²) < 4.78 is 5.89. The Kier molecular flexibility index (Phi) is 3.82. The monoisotopic (exact) mass is 276 g/mol. The van der Waals surface area contributed by atoms with Gasteiger partial charge in [-0.25, -0.2) is 4.79 Å². The molecule has 2 fully saturated rings. The zero-order valence-electron chi connectivity index (χ0n) is 11.5. The molecule has 0 bridgehead atoms. The summed E-state index contributed by atoms with van der Waals surface area (Å²) in [6.45, 7) is 1.53. The lowest BCUT2D eigenvalue weighted by Crippen LogP contribution is -2.47. The Morgan fingerprint density at radius 3 is 3.05 bits per heavy atom. The lowest BCUT2D eigenvalue weighted by molar-refractivity contribution is -0.142. The summed E-state index contributed by atoms with van der Waals surface area (Å²) in [5.41, 5.74) is 0.788. The van der Waals surface area contributed by atoms with Gasteiger partial charge >= 0.3 is 6.03 Å². The van der Waals surface area contributed by atoms with Gasteiger partial charge in [0.15, 0.2) is 0 Å². The third kappa shape index (κ3) is 3.07. The number of aromatic nitrogens is 2. The molecule has 6 heteroatoms. The number of anilines is 1. The van der Waals surface area contributed by atoms with E-state index in [1.165, 1.54) is 25.5 Å². The van der Waals surface area contributed by atoms with Crippen LogP contribution in [0.5, 0.6) is 0 Å². The molecule has 1 aliphatic carbocycles. The van der Waals surface area contributed by atoms with Gasteiger partial charge in [-0.1, -0.05) is 0 Å². The SMILES string of the molecule is O=C(NCC1CCOC2(CCC2)C1)Nc1ccnnc1. The van der Waals surface area contributed by atoms with Crippen LogP contribution in [0.25, 0.3) is 0 Å². The number of carbonyl (C=O) groups is 1. The molecular weight excluding hydrogens is 256 g/mol. The van der Waals surface area contributed by atoms with E-state index in [2.05, 4.69) is 20.8 Å². The summed E-state index contributed by atoms with van der Waals surface area (Å²) in [7, 11) is 0. The highest BCUT2D eigenvalue weighted by atomic mass is 16.5. The molecule has 1 unspecified atom stereocenters. The predicted molar refractivity (Wildman–Crippen MR) is 74.3 cm³/mol. The van der Waals surface area contributed by atoms with Crippen LogP contribution in [0.15, 0.2) is 18.5 Å². The highest BCUT2D eigenvalue weighted by Crippen LogP contribution is 2.43. The molecule has 2 aliphatic rings. The number of ether oxygens (including phenoxy) is 1. The molecule has 6 nitrogen and oxygen atoms in total. The molecule has 2 amide bonds. The van der Waals surface area contributed by atoms with Crippen molar-refractivity contribution in [3.05, 3.63) is 18.5 Å². The normalized spacial score (nSPS) is 23.9. The third-order valence-corrected chi connectivity index (χ3v) is 4.25. The maximum absolute atomic E-state index is 11.8. The molecule has 3 rings (SSSR count). The Morgan fingerprint density at radius 2 is 2.35 bits per heavy atom. The van der Waals surface area contributed by atoms with Crippen LogP contribution in [0.1, 0.15) is 32.1 Å². The van der Waals surface area contributed by atoms with Gasteiger partial charge in [-0.2, -0.15) is 10.2 Å². The van der Waals surface area contributed by atoms with Gasteiger partial charge in [0.25, 0.3) is 0 Å². The van der Waals surface area contributed by atoms with Gasteiger partial charge in [-0.3, -0.25) is 0 Å². The largest absolute Gasteiger partial charge is 0.375 e. The molecule has 20 heavy (non-hydrogen) atoms. The second kappa shape index (κ2) is 5.75. The fraction of sp³-hybridized carbons (Fsp3) is 0.643. The topological polar surface area (TPSA) is 76.1 Å². The minimum atomic E-state index is -0.188. The highest BCUT2D eigenvalue weighted by Gasteiger charge is 2.42. The van der Waals surface area contributed by atoms with Gasteiger partial charge in [0.1, 0.15) is 0 Å². The van der Waals surface area contributed by atoms with E-state index in [-0.39, 0.29) is 11.6 Å². The first-order valence-corrected chi connectivity index (χ1v) is 7.21. The van der Waals surface area contributed by atoms with Crippen LogP contribution < -0.4 is 10.6 Å². The molecule has 1 saturated heterocycles. The second-order valence-corrected chi connectivity index (χ2v) is 5.71. The lowest BCUT2D eigenvalue weighted by Gasteiger charge is -2.47. The van der Waals surface area contributed by atoms with Crippen LogP contribution in [0.3, 0.4) is 0 Å². The molecule has 0 aromatic carbocycles. The summed E-state index contributed by atoms with van der Waals surface area (Å²) in [4.78, 5) is 11.8. The summed E-state index contributed by atoms with van der Waals surface area (Å²) in [5, 5.41) is 13.1. The number of hydrogen-bond donors (Lipinski definition) is 2. The standard InChI is InChI=1S/C14H20N4O2/c19-13(18-12-2-6-16-17-10-12)15-9-11-3-7-20-14(8-11)4-1-5-14/h2,6,10-11H,1,3-5,7-9H2,(H2,15,16,18,19). The predicted octanol–water partition coefficient (Wildman–Crippen LogP) is 1.95. The van der Waals surface area contributed by atoms with Crippen molar-refractivity contribution in [2.24, 2.45) is 5.92 Å². The number of rotatable bonds is 3. The van der Waals surface area contributed by atoms with E-state index in [0.717, 1.165) is 19.4 Å². The van der Waals surface area contributed by atoms with Gasteiger partial charge in [0.2, 0.25) is 0 Å². The zero-order chi connectivity index (χ0) is 13.8. The second-order valence-electron chi connectivity index (χ2n) is 5.71. The number of hydrogen-bond acceptors (Lipinski definition) is 4. The van der Waals surface area contributed by atoms with Gasteiger partial charge in [0, 0.05) is 13.2 Å². The number of nitrogens with one attached hydrogen (secondary N) is 2. The molecule has 1 aromatic heterocycles. The Labute approximate surface area is 118 Å². The fourth-order valence-electron chi connectivity index (χ4n) is 3.00. The Bertz CT molecular complexity index is 462. The lowest BCUT2D eigenvalue weighted by atomic mass is 9.72. The summed E-state index contributed by atoms with van der Waals surface area (Å²) in [6, 6.07) is 1.52. The number of urea groups is 1. The van der Waals surface area contributed by atoms with E-state index < -0.39 is 0 Å². The van der Waals surface area contributed by atoms with Crippen LogP contribution in [0, 0.1) is 5.92 Å². The highest BCUT2D eigenvalue weighted by molar-refractivity contribution is 5.88. The van der Waals surface area contributed by atoms with E-state index in [1.807, 2.05) is 0 Å². The first-order chi connectivity index (χ1) is 9.76. The van der Waals surface area contributed by atoms with Gasteiger partial charge in [-0.05, 0) is 44.1 Å². The Balaban J connectivity index is 1.43. The summed E-state index contributed by atoms with van der Waals surface area (Å²) in [5.74, 6) is 0.519. The molecule has 108 valence electrons. The minimum absolute atomic E-state index is 0.135. The molecule has 1 saturated carbocycles. The average molecular weight is 276 g/mol. The molecule has 1 atom stereocenters. The summed E-state index contributed by atoms with van der Waals surface area (Å²) >= 11 is 0. The van der Waals surface area contributed by atoms with Crippen molar-refractivity contribution in [3.8, 4) is 0 Å². The quantitative estimate of drug-likeness (QED) is 0.884. The average Bonchev–Trinajstić information content (AvgIpc) is 2.45. The number of nitrogens with zero attached hydrogens (tertiary/aromatic N) is 2.